The second-order valence-electron chi connectivity index (χ2n) is 4.32. The van der Waals surface area contributed by atoms with Crippen LogP contribution >= 0.6 is 11.6 Å². The van der Waals surface area contributed by atoms with Crippen LogP contribution < -0.4 is 11.3 Å². The van der Waals surface area contributed by atoms with Crippen LogP contribution in [-0.4, -0.2) is 19.7 Å². The van der Waals surface area contributed by atoms with Gasteiger partial charge >= 0.3 is 0 Å². The Labute approximate surface area is 117 Å². The number of aryl methyl sites for hydroxylation is 2. The quantitative estimate of drug-likeness (QED) is 0.642. The molecule has 0 radical (unpaired) electrons. The molecule has 2 rings (SSSR count). The van der Waals surface area contributed by atoms with Crippen LogP contribution in [-0.2, 0) is 6.54 Å². The van der Waals surface area contributed by atoms with E-state index in [9.17, 15) is 0 Å². The molecule has 2 aromatic heterocycles. The zero-order valence-corrected chi connectivity index (χ0v) is 11.7. The summed E-state index contributed by atoms with van der Waals surface area (Å²) in [6.45, 7) is 4.78. The van der Waals surface area contributed by atoms with Gasteiger partial charge in [-0.15, -0.1) is 0 Å². The lowest BCUT2D eigenvalue weighted by Gasteiger charge is -2.17. The predicted octanol–water partition coefficient (Wildman–Crippen LogP) is 1.60. The van der Waals surface area contributed by atoms with Gasteiger partial charge in [0.05, 0.1) is 16.9 Å². The highest BCUT2D eigenvalue weighted by Gasteiger charge is 2.23. The van der Waals surface area contributed by atoms with Crippen LogP contribution in [0.3, 0.4) is 0 Å². The molecule has 3 N–H and O–H groups in total. The molecule has 0 saturated carbocycles. The van der Waals surface area contributed by atoms with E-state index in [4.69, 9.17) is 17.4 Å². The number of hydrogen-bond acceptors (Lipinski definition) is 5. The molecule has 0 amide bonds. The van der Waals surface area contributed by atoms with E-state index in [1.165, 1.54) is 0 Å². The third kappa shape index (κ3) is 2.91. The lowest BCUT2D eigenvalue weighted by molar-refractivity contribution is 0.507. The van der Waals surface area contributed by atoms with Crippen LogP contribution in [0.5, 0.6) is 0 Å². The van der Waals surface area contributed by atoms with E-state index >= 15 is 0 Å². The first-order chi connectivity index (χ1) is 9.17. The Hall–Kier alpha value is -1.50. The SMILES string of the molecule is CCCn1ncc(Cl)c1C(NN)c1ncc(C)cn1. The Balaban J connectivity index is 2.41. The molecule has 1 unspecified atom stereocenters. The lowest BCUT2D eigenvalue weighted by Crippen LogP contribution is -2.32. The topological polar surface area (TPSA) is 81.7 Å². The van der Waals surface area contributed by atoms with Crippen LogP contribution in [0.15, 0.2) is 18.6 Å². The van der Waals surface area contributed by atoms with Crippen LogP contribution in [0.4, 0.5) is 0 Å². The van der Waals surface area contributed by atoms with Crippen LogP contribution in [0.25, 0.3) is 0 Å². The molecular formula is C12H17ClN6. The summed E-state index contributed by atoms with van der Waals surface area (Å²) >= 11 is 6.20. The standard InChI is InChI=1S/C12H17ClN6/c1-3-4-19-11(9(13)7-17-19)10(18-14)12-15-5-8(2)6-16-12/h5-7,10,18H,3-4,14H2,1-2H3. The summed E-state index contributed by atoms with van der Waals surface area (Å²) in [5.41, 5.74) is 4.49. The zero-order chi connectivity index (χ0) is 13.8. The third-order valence-electron chi connectivity index (χ3n) is 2.77. The van der Waals surface area contributed by atoms with Crippen molar-refractivity contribution in [1.82, 2.24) is 25.2 Å². The van der Waals surface area contributed by atoms with Crippen LogP contribution in [0.2, 0.25) is 5.02 Å². The average molecular weight is 281 g/mol. The first-order valence-electron chi connectivity index (χ1n) is 6.13. The summed E-state index contributed by atoms with van der Waals surface area (Å²) in [5, 5.41) is 4.81. The predicted molar refractivity (Wildman–Crippen MR) is 73.5 cm³/mol. The van der Waals surface area contributed by atoms with E-state index in [1.807, 2.05) is 11.6 Å². The fourth-order valence-corrected chi connectivity index (χ4v) is 2.13. The highest BCUT2D eigenvalue weighted by Crippen LogP contribution is 2.26. The zero-order valence-electron chi connectivity index (χ0n) is 11.0. The van der Waals surface area contributed by atoms with E-state index in [0.717, 1.165) is 24.2 Å². The number of hydrogen-bond donors (Lipinski definition) is 2. The Bertz CT molecular complexity index is 536. The van der Waals surface area contributed by atoms with E-state index < -0.39 is 0 Å². The van der Waals surface area contributed by atoms with Crippen LogP contribution in [0, 0.1) is 6.92 Å². The average Bonchev–Trinajstić information content (AvgIpc) is 2.76. The van der Waals surface area contributed by atoms with Gasteiger partial charge in [-0.3, -0.25) is 10.5 Å². The largest absolute Gasteiger partial charge is 0.270 e. The Kier molecular flexibility index (Phi) is 4.47. The molecule has 0 aliphatic heterocycles. The maximum absolute atomic E-state index is 6.20. The minimum Gasteiger partial charge on any atom is -0.270 e. The molecular weight excluding hydrogens is 264 g/mol. The number of aromatic nitrogens is 4. The van der Waals surface area contributed by atoms with Crippen molar-refractivity contribution in [3.8, 4) is 0 Å². The molecule has 0 saturated heterocycles. The van der Waals surface area contributed by atoms with Crippen molar-refractivity contribution < 1.29 is 0 Å². The van der Waals surface area contributed by atoms with Gasteiger partial charge in [0.25, 0.3) is 0 Å². The van der Waals surface area contributed by atoms with Crippen molar-refractivity contribution >= 4 is 11.6 Å². The lowest BCUT2D eigenvalue weighted by atomic mass is 10.2. The molecule has 0 aromatic carbocycles. The number of nitrogens with one attached hydrogen (secondary N) is 1. The minimum absolute atomic E-state index is 0.373. The fourth-order valence-electron chi connectivity index (χ4n) is 1.88. The van der Waals surface area contributed by atoms with E-state index in [0.29, 0.717) is 10.8 Å². The van der Waals surface area contributed by atoms with Gasteiger partial charge in [-0.2, -0.15) is 5.10 Å². The molecule has 0 bridgehead atoms. The maximum atomic E-state index is 6.20. The second kappa shape index (κ2) is 6.10. The third-order valence-corrected chi connectivity index (χ3v) is 3.06. The number of nitrogens with two attached hydrogens (primary N) is 1. The summed E-state index contributed by atoms with van der Waals surface area (Å²) in [7, 11) is 0. The molecule has 1 atom stereocenters. The van der Waals surface area contributed by atoms with Crippen LogP contribution in [0.1, 0.15) is 36.5 Å². The second-order valence-corrected chi connectivity index (χ2v) is 4.73. The molecule has 6 nitrogen and oxygen atoms in total. The number of nitrogens with zero attached hydrogens (tertiary/aromatic N) is 4. The van der Waals surface area contributed by atoms with Crippen molar-refractivity contribution in [3.63, 3.8) is 0 Å². The molecule has 2 heterocycles. The summed E-state index contributed by atoms with van der Waals surface area (Å²) < 4.78 is 1.83. The fraction of sp³-hybridized carbons (Fsp3) is 0.417. The number of halogens is 1. The Morgan fingerprint density at radius 1 is 1.37 bits per heavy atom. The van der Waals surface area contributed by atoms with Gasteiger partial charge in [0, 0.05) is 18.9 Å². The van der Waals surface area contributed by atoms with E-state index in [1.54, 1.807) is 18.6 Å². The Morgan fingerprint density at radius 3 is 2.63 bits per heavy atom. The monoisotopic (exact) mass is 280 g/mol. The van der Waals surface area contributed by atoms with Crippen molar-refractivity contribution in [2.75, 3.05) is 0 Å². The maximum Gasteiger partial charge on any atom is 0.152 e. The van der Waals surface area contributed by atoms with Gasteiger partial charge in [0.15, 0.2) is 5.82 Å². The van der Waals surface area contributed by atoms with Crippen molar-refractivity contribution in [2.24, 2.45) is 5.84 Å². The van der Waals surface area contributed by atoms with Gasteiger partial charge in [0.1, 0.15) is 6.04 Å². The highest BCUT2D eigenvalue weighted by molar-refractivity contribution is 6.31. The first kappa shape index (κ1) is 13.9. The molecule has 7 heteroatoms. The first-order valence-corrected chi connectivity index (χ1v) is 6.51. The summed E-state index contributed by atoms with van der Waals surface area (Å²) in [5.74, 6) is 6.21. The molecule has 19 heavy (non-hydrogen) atoms. The van der Waals surface area contributed by atoms with Crippen molar-refractivity contribution in [1.29, 1.82) is 0 Å². The summed E-state index contributed by atoms with van der Waals surface area (Å²) in [6.07, 6.45) is 6.07. The van der Waals surface area contributed by atoms with E-state index in [2.05, 4.69) is 27.4 Å². The highest BCUT2D eigenvalue weighted by atomic mass is 35.5. The molecule has 0 spiro atoms. The molecule has 0 aliphatic carbocycles. The normalized spacial score (nSPS) is 12.6. The van der Waals surface area contributed by atoms with Gasteiger partial charge in [-0.05, 0) is 18.9 Å². The smallest absolute Gasteiger partial charge is 0.152 e. The molecule has 0 fully saturated rings. The van der Waals surface area contributed by atoms with E-state index in [-0.39, 0.29) is 6.04 Å². The molecule has 2 aromatic rings. The number of hydrazine groups is 1. The van der Waals surface area contributed by atoms with Gasteiger partial charge in [0.2, 0.25) is 0 Å². The Morgan fingerprint density at radius 2 is 2.05 bits per heavy atom. The van der Waals surface area contributed by atoms with Gasteiger partial charge in [-0.25, -0.2) is 15.4 Å². The van der Waals surface area contributed by atoms with Crippen molar-refractivity contribution in [3.05, 3.63) is 40.7 Å². The van der Waals surface area contributed by atoms with Gasteiger partial charge in [-0.1, -0.05) is 18.5 Å². The molecule has 102 valence electrons. The molecule has 0 aliphatic rings. The summed E-state index contributed by atoms with van der Waals surface area (Å²) in [4.78, 5) is 8.59. The van der Waals surface area contributed by atoms with Crippen molar-refractivity contribution in [2.45, 2.75) is 32.9 Å². The summed E-state index contributed by atoms with van der Waals surface area (Å²) in [6, 6.07) is -0.373. The van der Waals surface area contributed by atoms with Gasteiger partial charge < -0.3 is 0 Å². The minimum atomic E-state index is -0.373. The number of rotatable bonds is 5.